The van der Waals surface area contributed by atoms with Crippen LogP contribution in [0.5, 0.6) is 0 Å². The fraction of sp³-hybridized carbons (Fsp3) is 0.467. The molecule has 0 bridgehead atoms. The van der Waals surface area contributed by atoms with E-state index in [2.05, 4.69) is 0 Å². The Morgan fingerprint density at radius 2 is 2.10 bits per heavy atom. The summed E-state index contributed by atoms with van der Waals surface area (Å²) in [5.41, 5.74) is 0.752. The Hall–Kier alpha value is -1.91. The van der Waals surface area contributed by atoms with Gasteiger partial charge in [-0.3, -0.25) is 9.59 Å². The lowest BCUT2D eigenvalue weighted by Crippen LogP contribution is -2.49. The van der Waals surface area contributed by atoms with Gasteiger partial charge in [-0.05, 0) is 44.4 Å². The molecule has 0 aromatic heterocycles. The molecule has 2 rings (SSSR count). The number of carbonyl (C=O) groups is 2. The minimum Gasteiger partial charge on any atom is -0.481 e. The molecule has 1 aliphatic rings. The van der Waals surface area contributed by atoms with E-state index in [-0.39, 0.29) is 5.56 Å². The second-order valence-electron chi connectivity index (χ2n) is 5.31. The van der Waals surface area contributed by atoms with Crippen LogP contribution in [-0.2, 0) is 4.79 Å². The van der Waals surface area contributed by atoms with Gasteiger partial charge in [-0.25, -0.2) is 4.39 Å². The fourth-order valence-corrected chi connectivity index (χ4v) is 2.71. The van der Waals surface area contributed by atoms with Crippen LogP contribution < -0.4 is 0 Å². The second-order valence-corrected chi connectivity index (χ2v) is 5.31. The molecule has 1 aliphatic heterocycles. The number of halogens is 1. The number of carboxylic acids is 1. The molecular weight excluding hydrogens is 261 g/mol. The third-order valence-electron chi connectivity index (χ3n) is 3.92. The highest BCUT2D eigenvalue weighted by atomic mass is 19.1. The molecule has 1 N–H and O–H groups in total. The number of likely N-dealkylation sites (tertiary alicyclic amines) is 1. The number of aliphatic carboxylic acids is 1. The Morgan fingerprint density at radius 3 is 2.70 bits per heavy atom. The average Bonchev–Trinajstić information content (AvgIpc) is 2.38. The number of carboxylic acid groups (broad SMARTS) is 1. The normalized spacial score (nSPS) is 22.6. The maximum atomic E-state index is 13.9. The molecule has 5 heteroatoms. The summed E-state index contributed by atoms with van der Waals surface area (Å²) in [6, 6.07) is 4.04. The van der Waals surface area contributed by atoms with Crippen molar-refractivity contribution in [2.75, 3.05) is 6.54 Å². The molecular formula is C15H18FNO3. The number of rotatable bonds is 2. The summed E-state index contributed by atoms with van der Waals surface area (Å²) in [5, 5.41) is 9.16. The molecule has 4 nitrogen and oxygen atoms in total. The van der Waals surface area contributed by atoms with Crippen molar-refractivity contribution in [2.24, 2.45) is 5.92 Å². The van der Waals surface area contributed by atoms with Gasteiger partial charge in [0.05, 0.1) is 11.5 Å². The van der Waals surface area contributed by atoms with Gasteiger partial charge >= 0.3 is 5.97 Å². The lowest BCUT2D eigenvalue weighted by atomic mass is 9.89. The van der Waals surface area contributed by atoms with Gasteiger partial charge in [-0.2, -0.15) is 0 Å². The van der Waals surface area contributed by atoms with Crippen LogP contribution in [0.2, 0.25) is 0 Å². The van der Waals surface area contributed by atoms with Gasteiger partial charge in [0.15, 0.2) is 0 Å². The number of benzene rings is 1. The van der Waals surface area contributed by atoms with E-state index in [4.69, 9.17) is 5.11 Å². The van der Waals surface area contributed by atoms with E-state index in [0.29, 0.717) is 19.4 Å². The number of carbonyl (C=O) groups excluding carboxylic acids is 1. The highest BCUT2D eigenvalue weighted by Gasteiger charge is 2.36. The van der Waals surface area contributed by atoms with Crippen molar-refractivity contribution in [1.82, 2.24) is 4.90 Å². The largest absolute Gasteiger partial charge is 0.481 e. The summed E-state index contributed by atoms with van der Waals surface area (Å²) >= 11 is 0. The van der Waals surface area contributed by atoms with E-state index in [1.165, 1.54) is 17.0 Å². The van der Waals surface area contributed by atoms with Gasteiger partial charge in [-0.15, -0.1) is 0 Å². The highest BCUT2D eigenvalue weighted by molar-refractivity contribution is 5.95. The second kappa shape index (κ2) is 5.61. The Kier molecular flexibility index (Phi) is 4.06. The zero-order valence-electron chi connectivity index (χ0n) is 11.6. The third-order valence-corrected chi connectivity index (χ3v) is 3.92. The van der Waals surface area contributed by atoms with E-state index in [9.17, 15) is 14.0 Å². The van der Waals surface area contributed by atoms with Crippen LogP contribution in [-0.4, -0.2) is 34.5 Å². The fourth-order valence-electron chi connectivity index (χ4n) is 2.71. The molecule has 1 saturated heterocycles. The van der Waals surface area contributed by atoms with Gasteiger partial charge in [-0.1, -0.05) is 6.07 Å². The van der Waals surface area contributed by atoms with E-state index >= 15 is 0 Å². The van der Waals surface area contributed by atoms with Crippen LogP contribution in [0.25, 0.3) is 0 Å². The number of hydrogen-bond acceptors (Lipinski definition) is 2. The number of piperidine rings is 1. The van der Waals surface area contributed by atoms with E-state index < -0.39 is 29.7 Å². The monoisotopic (exact) mass is 279 g/mol. The van der Waals surface area contributed by atoms with Crippen molar-refractivity contribution in [1.29, 1.82) is 0 Å². The van der Waals surface area contributed by atoms with E-state index in [0.717, 1.165) is 5.56 Å². The molecule has 0 radical (unpaired) electrons. The number of hydrogen-bond donors (Lipinski definition) is 1. The van der Waals surface area contributed by atoms with E-state index in [1.807, 2.05) is 0 Å². The molecule has 1 heterocycles. The zero-order chi connectivity index (χ0) is 14.9. The first-order valence-electron chi connectivity index (χ1n) is 6.71. The van der Waals surface area contributed by atoms with Crippen LogP contribution in [0.15, 0.2) is 18.2 Å². The summed E-state index contributed by atoms with van der Waals surface area (Å²) in [6.07, 6.45) is 1.18. The molecule has 20 heavy (non-hydrogen) atoms. The molecule has 1 amide bonds. The maximum Gasteiger partial charge on any atom is 0.308 e. The Morgan fingerprint density at radius 1 is 1.40 bits per heavy atom. The quantitative estimate of drug-likeness (QED) is 0.904. The van der Waals surface area contributed by atoms with Crippen molar-refractivity contribution in [3.8, 4) is 0 Å². The minimum atomic E-state index is -0.903. The average molecular weight is 279 g/mol. The van der Waals surface area contributed by atoms with Gasteiger partial charge in [0.2, 0.25) is 0 Å². The summed E-state index contributed by atoms with van der Waals surface area (Å²) in [5.74, 6) is -2.47. The number of nitrogens with zero attached hydrogens (tertiary/aromatic N) is 1. The molecule has 2 atom stereocenters. The third kappa shape index (κ3) is 2.66. The molecule has 0 unspecified atom stereocenters. The first-order chi connectivity index (χ1) is 9.41. The Bertz CT molecular complexity index is 544. The van der Waals surface area contributed by atoms with Crippen LogP contribution in [0.3, 0.4) is 0 Å². The molecule has 1 aromatic carbocycles. The predicted octanol–water partition coefficient (Wildman–Crippen LogP) is 2.46. The zero-order valence-corrected chi connectivity index (χ0v) is 11.6. The maximum absolute atomic E-state index is 13.9. The first kappa shape index (κ1) is 14.5. The molecule has 0 spiro atoms. The molecule has 0 aliphatic carbocycles. The van der Waals surface area contributed by atoms with Crippen molar-refractivity contribution < 1.29 is 19.1 Å². The summed E-state index contributed by atoms with van der Waals surface area (Å²) in [4.78, 5) is 25.0. The SMILES string of the molecule is Cc1ccc(C(=O)N2CCC[C@@H](C(=O)O)[C@H]2C)c(F)c1. The molecule has 1 aromatic rings. The van der Waals surface area contributed by atoms with Crippen molar-refractivity contribution in [3.05, 3.63) is 35.1 Å². The smallest absolute Gasteiger partial charge is 0.308 e. The molecule has 108 valence electrons. The summed E-state index contributed by atoms with van der Waals surface area (Å²) in [7, 11) is 0. The predicted molar refractivity (Wildman–Crippen MR) is 72.0 cm³/mol. The van der Waals surface area contributed by atoms with Crippen molar-refractivity contribution in [2.45, 2.75) is 32.7 Å². The lowest BCUT2D eigenvalue weighted by Gasteiger charge is -2.37. The Balaban J connectivity index is 2.26. The Labute approximate surface area is 117 Å². The van der Waals surface area contributed by atoms with Gasteiger partial charge < -0.3 is 10.0 Å². The van der Waals surface area contributed by atoms with Gasteiger partial charge in [0.25, 0.3) is 5.91 Å². The first-order valence-corrected chi connectivity index (χ1v) is 6.71. The van der Waals surface area contributed by atoms with Gasteiger partial charge in [0.1, 0.15) is 5.82 Å². The van der Waals surface area contributed by atoms with E-state index in [1.54, 1.807) is 19.9 Å². The summed E-state index contributed by atoms with van der Waals surface area (Å²) in [6.45, 7) is 3.93. The van der Waals surface area contributed by atoms with Gasteiger partial charge in [0, 0.05) is 12.6 Å². The minimum absolute atomic E-state index is 0.00786. The topological polar surface area (TPSA) is 57.6 Å². The van der Waals surface area contributed by atoms with Crippen LogP contribution in [0.4, 0.5) is 4.39 Å². The molecule has 0 saturated carbocycles. The highest BCUT2D eigenvalue weighted by Crippen LogP contribution is 2.26. The molecule has 1 fully saturated rings. The standard InChI is InChI=1S/C15H18FNO3/c1-9-5-6-12(13(16)8-9)14(18)17-7-3-4-11(10(17)2)15(19)20/h5-6,8,10-11H,3-4,7H2,1-2H3,(H,19,20)/t10-,11-/m1/s1. The van der Waals surface area contributed by atoms with Crippen LogP contribution >= 0.6 is 0 Å². The number of amides is 1. The van der Waals surface area contributed by atoms with Crippen molar-refractivity contribution >= 4 is 11.9 Å². The lowest BCUT2D eigenvalue weighted by molar-refractivity contribution is -0.144. The van der Waals surface area contributed by atoms with Crippen molar-refractivity contribution in [3.63, 3.8) is 0 Å². The van der Waals surface area contributed by atoms with Crippen LogP contribution in [0.1, 0.15) is 35.7 Å². The summed E-state index contributed by atoms with van der Waals surface area (Å²) < 4.78 is 13.9. The number of aryl methyl sites for hydroxylation is 1. The van der Waals surface area contributed by atoms with Crippen LogP contribution in [0, 0.1) is 18.7 Å².